The van der Waals surface area contributed by atoms with E-state index in [0.717, 1.165) is 23.3 Å². The van der Waals surface area contributed by atoms with Crippen LogP contribution in [-0.4, -0.2) is 26.5 Å². The van der Waals surface area contributed by atoms with Crippen molar-refractivity contribution in [2.75, 3.05) is 5.32 Å². The molecule has 1 aliphatic carbocycles. The SMILES string of the molecule is C=C(Cc1nc(C2(c3ccc(SC(F)(F)F)cc3)CC2)no1)C(=O)Nc1ncc(C)s1. The van der Waals surface area contributed by atoms with Gasteiger partial charge in [0, 0.05) is 21.5 Å². The van der Waals surface area contributed by atoms with E-state index >= 15 is 0 Å². The predicted octanol–water partition coefficient (Wildman–Crippen LogP) is 5.26. The molecule has 1 saturated carbocycles. The van der Waals surface area contributed by atoms with Crippen LogP contribution in [0.15, 0.2) is 52.0 Å². The third kappa shape index (κ3) is 4.99. The van der Waals surface area contributed by atoms with Crippen LogP contribution in [0.1, 0.15) is 35.0 Å². The highest BCUT2D eigenvalue weighted by molar-refractivity contribution is 8.00. The summed E-state index contributed by atoms with van der Waals surface area (Å²) in [6, 6.07) is 6.22. The first-order chi connectivity index (χ1) is 14.6. The number of carbonyl (C=O) groups is 1. The summed E-state index contributed by atoms with van der Waals surface area (Å²) in [7, 11) is 0. The molecule has 0 saturated heterocycles. The number of halogens is 3. The number of rotatable bonds is 7. The Hall–Kier alpha value is -2.66. The Morgan fingerprint density at radius 1 is 1.32 bits per heavy atom. The molecule has 6 nitrogen and oxygen atoms in total. The Bertz CT molecular complexity index is 1120. The number of hydrogen-bond donors (Lipinski definition) is 1. The monoisotopic (exact) mass is 466 g/mol. The molecule has 162 valence electrons. The zero-order valence-corrected chi connectivity index (χ0v) is 18.0. The zero-order valence-electron chi connectivity index (χ0n) is 16.3. The Labute approximate surface area is 184 Å². The molecule has 0 aliphatic heterocycles. The third-order valence-corrected chi connectivity index (χ3v) is 6.38. The van der Waals surface area contributed by atoms with Crippen LogP contribution in [0.25, 0.3) is 0 Å². The van der Waals surface area contributed by atoms with Gasteiger partial charge in [0.2, 0.25) is 5.89 Å². The number of benzene rings is 1. The van der Waals surface area contributed by atoms with Crippen LogP contribution in [0.3, 0.4) is 0 Å². The van der Waals surface area contributed by atoms with E-state index in [0.29, 0.717) is 11.0 Å². The molecule has 0 radical (unpaired) electrons. The maximum absolute atomic E-state index is 12.5. The zero-order chi connectivity index (χ0) is 22.2. The summed E-state index contributed by atoms with van der Waals surface area (Å²) in [5.74, 6) is 0.330. The molecule has 11 heteroatoms. The second kappa shape index (κ2) is 8.12. The lowest BCUT2D eigenvalue weighted by atomic mass is 9.95. The lowest BCUT2D eigenvalue weighted by Crippen LogP contribution is -2.15. The Morgan fingerprint density at radius 3 is 2.61 bits per heavy atom. The first kappa shape index (κ1) is 21.6. The van der Waals surface area contributed by atoms with Gasteiger partial charge in [-0.1, -0.05) is 23.9 Å². The molecule has 1 amide bonds. The lowest BCUT2D eigenvalue weighted by Gasteiger charge is -2.12. The average molecular weight is 467 g/mol. The number of thiazole rings is 1. The van der Waals surface area contributed by atoms with Crippen LogP contribution in [0.2, 0.25) is 0 Å². The molecule has 4 rings (SSSR count). The van der Waals surface area contributed by atoms with E-state index < -0.39 is 10.9 Å². The molecule has 1 aliphatic rings. The summed E-state index contributed by atoms with van der Waals surface area (Å²) in [5, 5.41) is 7.22. The number of alkyl halides is 3. The van der Waals surface area contributed by atoms with Gasteiger partial charge in [-0.2, -0.15) is 18.2 Å². The number of nitrogens with zero attached hydrogens (tertiary/aromatic N) is 3. The fourth-order valence-corrected chi connectivity index (χ4v) is 4.32. The molecule has 0 atom stereocenters. The van der Waals surface area contributed by atoms with Crippen molar-refractivity contribution in [3.05, 3.63) is 64.8 Å². The van der Waals surface area contributed by atoms with E-state index in [-0.39, 0.29) is 40.4 Å². The molecule has 0 bridgehead atoms. The number of anilines is 1. The topological polar surface area (TPSA) is 80.9 Å². The second-order valence-corrected chi connectivity index (χ2v) is 9.55. The normalized spacial score (nSPS) is 15.0. The summed E-state index contributed by atoms with van der Waals surface area (Å²) < 4.78 is 42.9. The average Bonchev–Trinajstić information content (AvgIpc) is 3.19. The van der Waals surface area contributed by atoms with Crippen LogP contribution in [0, 0.1) is 6.92 Å². The van der Waals surface area contributed by atoms with Gasteiger partial charge < -0.3 is 4.52 Å². The number of nitrogens with one attached hydrogen (secondary N) is 1. The van der Waals surface area contributed by atoms with Crippen molar-refractivity contribution in [2.45, 2.75) is 42.0 Å². The van der Waals surface area contributed by atoms with Gasteiger partial charge in [0.15, 0.2) is 11.0 Å². The number of hydrogen-bond acceptors (Lipinski definition) is 7. The van der Waals surface area contributed by atoms with Gasteiger partial charge in [-0.25, -0.2) is 4.98 Å². The maximum atomic E-state index is 12.5. The van der Waals surface area contributed by atoms with Crippen LogP contribution in [-0.2, 0) is 16.6 Å². The van der Waals surface area contributed by atoms with E-state index in [1.54, 1.807) is 18.3 Å². The molecule has 0 unspecified atom stereocenters. The van der Waals surface area contributed by atoms with E-state index in [1.807, 2.05) is 6.92 Å². The first-order valence-corrected chi connectivity index (χ1v) is 10.9. The summed E-state index contributed by atoms with van der Waals surface area (Å²) in [6.07, 6.45) is 3.28. The molecule has 31 heavy (non-hydrogen) atoms. The number of aryl methyl sites for hydroxylation is 1. The van der Waals surface area contributed by atoms with Crippen LogP contribution >= 0.6 is 23.1 Å². The van der Waals surface area contributed by atoms with E-state index in [4.69, 9.17) is 4.52 Å². The maximum Gasteiger partial charge on any atom is 0.446 e. The summed E-state index contributed by atoms with van der Waals surface area (Å²) >= 11 is 1.21. The highest BCUT2D eigenvalue weighted by atomic mass is 32.2. The molecular weight excluding hydrogens is 449 g/mol. The summed E-state index contributed by atoms with van der Waals surface area (Å²) in [4.78, 5) is 21.9. The van der Waals surface area contributed by atoms with Crippen molar-refractivity contribution in [3.63, 3.8) is 0 Å². The fraction of sp³-hybridized carbons (Fsp3) is 0.300. The van der Waals surface area contributed by atoms with Crippen LogP contribution in [0.4, 0.5) is 18.3 Å². The smallest absolute Gasteiger partial charge is 0.339 e. The molecule has 2 heterocycles. The molecular formula is C20H17F3N4O2S2. The molecule has 1 N–H and O–H groups in total. The molecule has 2 aromatic heterocycles. The molecule has 3 aromatic rings. The van der Waals surface area contributed by atoms with Crippen molar-refractivity contribution < 1.29 is 22.5 Å². The van der Waals surface area contributed by atoms with Crippen LogP contribution < -0.4 is 5.32 Å². The minimum Gasteiger partial charge on any atom is -0.339 e. The van der Waals surface area contributed by atoms with Crippen molar-refractivity contribution in [3.8, 4) is 0 Å². The van der Waals surface area contributed by atoms with Crippen molar-refractivity contribution in [1.29, 1.82) is 0 Å². The van der Waals surface area contributed by atoms with Gasteiger partial charge in [0.05, 0.1) is 11.8 Å². The Kier molecular flexibility index (Phi) is 5.65. The fourth-order valence-electron chi connectivity index (χ4n) is 3.12. The third-order valence-electron chi connectivity index (χ3n) is 4.81. The lowest BCUT2D eigenvalue weighted by molar-refractivity contribution is -0.113. The number of amides is 1. The van der Waals surface area contributed by atoms with E-state index in [1.165, 1.54) is 23.5 Å². The molecule has 1 fully saturated rings. The number of thioether (sulfide) groups is 1. The van der Waals surface area contributed by atoms with Gasteiger partial charge in [-0.3, -0.25) is 10.1 Å². The minimum atomic E-state index is -4.32. The standard InChI is InChI=1S/C20H17F3N4O2S2/c1-11(16(28)26-18-24-10-12(2)30-18)9-15-25-17(27-29-15)19(7-8-19)13-3-5-14(6-4-13)31-20(21,22)23/h3-6,10H,1,7-9H2,2H3,(H,24,26,28). The van der Waals surface area contributed by atoms with E-state index in [2.05, 4.69) is 27.0 Å². The second-order valence-electron chi connectivity index (χ2n) is 7.18. The van der Waals surface area contributed by atoms with Gasteiger partial charge in [0.25, 0.3) is 5.91 Å². The Morgan fingerprint density at radius 2 is 2.03 bits per heavy atom. The molecule has 0 spiro atoms. The highest BCUT2D eigenvalue weighted by Gasteiger charge is 2.50. The summed E-state index contributed by atoms with van der Waals surface area (Å²) in [6.45, 7) is 5.67. The van der Waals surface area contributed by atoms with Gasteiger partial charge in [-0.15, -0.1) is 11.3 Å². The largest absolute Gasteiger partial charge is 0.446 e. The quantitative estimate of drug-likeness (QED) is 0.378. The van der Waals surface area contributed by atoms with Gasteiger partial charge in [0.1, 0.15) is 0 Å². The van der Waals surface area contributed by atoms with Gasteiger partial charge in [-0.05, 0) is 49.2 Å². The van der Waals surface area contributed by atoms with Crippen molar-refractivity contribution in [1.82, 2.24) is 15.1 Å². The minimum absolute atomic E-state index is 0.0838. The summed E-state index contributed by atoms with van der Waals surface area (Å²) in [5.41, 5.74) is -3.71. The van der Waals surface area contributed by atoms with Crippen molar-refractivity contribution >= 4 is 34.1 Å². The van der Waals surface area contributed by atoms with Crippen molar-refractivity contribution in [2.24, 2.45) is 0 Å². The highest BCUT2D eigenvalue weighted by Crippen LogP contribution is 2.52. The predicted molar refractivity (Wildman–Crippen MR) is 111 cm³/mol. The first-order valence-electron chi connectivity index (χ1n) is 9.25. The Balaban J connectivity index is 1.42. The number of carbonyl (C=O) groups excluding carboxylic acids is 1. The van der Waals surface area contributed by atoms with Gasteiger partial charge >= 0.3 is 5.51 Å². The van der Waals surface area contributed by atoms with E-state index in [9.17, 15) is 18.0 Å². The number of aromatic nitrogens is 3. The van der Waals surface area contributed by atoms with Crippen LogP contribution in [0.5, 0.6) is 0 Å². The molecule has 1 aromatic carbocycles.